The summed E-state index contributed by atoms with van der Waals surface area (Å²) in [4.78, 5) is 60.6. The molecule has 1 unspecified atom stereocenters. The summed E-state index contributed by atoms with van der Waals surface area (Å²) in [6, 6.07) is 1.96. The number of sulfonamides is 1. The van der Waals surface area contributed by atoms with E-state index >= 15 is 0 Å². The molecule has 14 heteroatoms. The van der Waals surface area contributed by atoms with Crippen LogP contribution in [0.4, 0.5) is 4.79 Å². The molecule has 4 amide bonds. The van der Waals surface area contributed by atoms with E-state index in [2.05, 4.69) is 33.0 Å². The first-order valence-electron chi connectivity index (χ1n) is 17.5. The Balaban J connectivity index is 1.36. The van der Waals surface area contributed by atoms with Gasteiger partial charge in [0.15, 0.2) is 0 Å². The molecule has 3 heterocycles. The number of cyclic esters (lactones) is 1. The van der Waals surface area contributed by atoms with Gasteiger partial charge in [0.05, 0.1) is 18.0 Å². The molecule has 270 valence electrons. The Bertz CT molecular complexity index is 1520. The highest BCUT2D eigenvalue weighted by atomic mass is 32.2. The molecule has 2 aliphatic heterocycles. The smallest absolute Gasteiger partial charge is 0.407 e. The maximum Gasteiger partial charge on any atom is 0.407 e. The van der Waals surface area contributed by atoms with Gasteiger partial charge in [-0.15, -0.1) is 6.58 Å². The Morgan fingerprint density at radius 1 is 1.10 bits per heavy atom. The van der Waals surface area contributed by atoms with Crippen molar-refractivity contribution < 1.29 is 37.1 Å². The molecule has 0 spiro atoms. The van der Waals surface area contributed by atoms with Crippen molar-refractivity contribution in [2.45, 2.75) is 120 Å². The summed E-state index contributed by atoms with van der Waals surface area (Å²) in [6.07, 6.45) is 9.31. The van der Waals surface area contributed by atoms with Crippen molar-refractivity contribution in [1.29, 1.82) is 0 Å². The van der Waals surface area contributed by atoms with Crippen LogP contribution in [-0.4, -0.2) is 90.9 Å². The molecule has 2 saturated carbocycles. The minimum Gasteiger partial charge on any atom is -0.450 e. The number of amides is 4. The van der Waals surface area contributed by atoms with Crippen molar-refractivity contribution in [3.8, 4) is 0 Å². The first-order chi connectivity index (χ1) is 23.2. The number of carbonyl (C=O) groups is 4. The lowest BCUT2D eigenvalue weighted by molar-refractivity contribution is -0.143. The summed E-state index contributed by atoms with van der Waals surface area (Å²) in [5.74, 6) is -2.36. The quantitative estimate of drug-likeness (QED) is 0.377. The van der Waals surface area contributed by atoms with Crippen LogP contribution in [-0.2, 0) is 46.7 Å². The third kappa shape index (κ3) is 8.99. The van der Waals surface area contributed by atoms with E-state index in [1.54, 1.807) is 6.20 Å². The van der Waals surface area contributed by atoms with Crippen LogP contribution in [0.3, 0.4) is 0 Å². The summed E-state index contributed by atoms with van der Waals surface area (Å²) >= 11 is 0. The van der Waals surface area contributed by atoms with Crippen molar-refractivity contribution in [3.05, 3.63) is 42.2 Å². The highest BCUT2D eigenvalue weighted by molar-refractivity contribution is 7.91. The molecule has 0 aromatic carbocycles. The van der Waals surface area contributed by atoms with Crippen molar-refractivity contribution in [1.82, 2.24) is 25.2 Å². The van der Waals surface area contributed by atoms with Gasteiger partial charge in [-0.2, -0.15) is 0 Å². The number of nitrogens with one attached hydrogen (secondary N) is 3. The number of pyridine rings is 1. The zero-order valence-electron chi connectivity index (χ0n) is 28.9. The summed E-state index contributed by atoms with van der Waals surface area (Å²) < 4.78 is 39.1. The highest BCUT2D eigenvalue weighted by Gasteiger charge is 2.62. The van der Waals surface area contributed by atoms with E-state index in [-0.39, 0.29) is 26.0 Å². The monoisotopic (exact) mass is 701 g/mol. The Hall–Kier alpha value is -3.52. The number of nitrogens with zero attached hydrogens (tertiary/aromatic N) is 2. The molecule has 2 bridgehead atoms. The van der Waals surface area contributed by atoms with Crippen molar-refractivity contribution in [3.63, 3.8) is 0 Å². The average molecular weight is 702 g/mol. The Morgan fingerprint density at radius 3 is 2.55 bits per heavy atom. The molecule has 5 atom stereocenters. The molecule has 13 nitrogen and oxygen atoms in total. The van der Waals surface area contributed by atoms with Gasteiger partial charge >= 0.3 is 6.09 Å². The van der Waals surface area contributed by atoms with Crippen LogP contribution in [0, 0.1) is 11.3 Å². The van der Waals surface area contributed by atoms with Crippen LogP contribution in [0.5, 0.6) is 0 Å². The van der Waals surface area contributed by atoms with Gasteiger partial charge in [0, 0.05) is 37.4 Å². The molecule has 4 aliphatic rings. The van der Waals surface area contributed by atoms with E-state index < -0.39 is 74.1 Å². The fourth-order valence-electron chi connectivity index (χ4n) is 6.75. The van der Waals surface area contributed by atoms with Gasteiger partial charge in [-0.1, -0.05) is 45.8 Å². The maximum absolute atomic E-state index is 14.3. The fourth-order valence-corrected chi connectivity index (χ4v) is 8.12. The molecule has 1 aromatic rings. The molecule has 1 saturated heterocycles. The van der Waals surface area contributed by atoms with Crippen molar-refractivity contribution in [2.75, 3.05) is 19.8 Å². The summed E-state index contributed by atoms with van der Waals surface area (Å²) in [5, 5.41) is 4.93. The van der Waals surface area contributed by atoms with Gasteiger partial charge in [-0.05, 0) is 68.4 Å². The second kappa shape index (κ2) is 15.2. The Kier molecular flexibility index (Phi) is 11.4. The third-order valence-electron chi connectivity index (χ3n) is 9.94. The molecule has 0 radical (unpaired) electrons. The number of ether oxygens (including phenoxy) is 2. The summed E-state index contributed by atoms with van der Waals surface area (Å²) in [7, 11) is -3.86. The number of carbonyl (C=O) groups excluding carboxylic acids is 4. The van der Waals surface area contributed by atoms with E-state index in [1.165, 1.54) is 16.5 Å². The molecular weight excluding hydrogens is 650 g/mol. The average Bonchev–Trinajstić information content (AvgIpc) is 3.97. The molecule has 1 aromatic heterocycles. The molecule has 2 aliphatic carbocycles. The SMILES string of the molecule is C=CC1C[C@]1(NC(=O)[C@@H]1C[C@@H]2CN1C(=O)[C@H](C(C)(C)C)NC(=O)OCCCCCCc1ncccc1CCCO2)C(=O)NS(=O)(=O)C1CC1. The maximum atomic E-state index is 14.3. The summed E-state index contributed by atoms with van der Waals surface area (Å²) in [6.45, 7) is 9.92. The Labute approximate surface area is 289 Å². The van der Waals surface area contributed by atoms with E-state index in [4.69, 9.17) is 9.47 Å². The normalized spacial score (nSPS) is 29.1. The zero-order chi connectivity index (χ0) is 35.4. The second-order valence-electron chi connectivity index (χ2n) is 14.9. The van der Waals surface area contributed by atoms with E-state index in [9.17, 15) is 27.6 Å². The number of fused-ring (bicyclic) bond motifs is 3. The van der Waals surface area contributed by atoms with Gasteiger partial charge in [-0.3, -0.25) is 24.1 Å². The minimum absolute atomic E-state index is 0.0957. The fraction of sp³-hybridized carbons (Fsp3) is 0.686. The molecule has 3 fully saturated rings. The van der Waals surface area contributed by atoms with Gasteiger partial charge in [-0.25, -0.2) is 13.2 Å². The van der Waals surface area contributed by atoms with Gasteiger partial charge in [0.1, 0.15) is 17.6 Å². The number of hydrogen-bond acceptors (Lipinski definition) is 9. The van der Waals surface area contributed by atoms with Crippen molar-refractivity contribution >= 4 is 33.8 Å². The number of hydrogen-bond donors (Lipinski definition) is 3. The predicted octanol–water partition coefficient (Wildman–Crippen LogP) is 2.93. The molecular formula is C35H51N5O8S. The largest absolute Gasteiger partial charge is 0.450 e. The lowest BCUT2D eigenvalue weighted by Gasteiger charge is -2.35. The van der Waals surface area contributed by atoms with E-state index in [0.29, 0.717) is 25.9 Å². The van der Waals surface area contributed by atoms with Gasteiger partial charge < -0.3 is 25.0 Å². The lowest BCUT2D eigenvalue weighted by atomic mass is 9.85. The van der Waals surface area contributed by atoms with Crippen LogP contribution in [0.1, 0.15) is 89.8 Å². The van der Waals surface area contributed by atoms with Crippen molar-refractivity contribution in [2.24, 2.45) is 11.3 Å². The zero-order valence-corrected chi connectivity index (χ0v) is 29.7. The highest BCUT2D eigenvalue weighted by Crippen LogP contribution is 2.45. The van der Waals surface area contributed by atoms with E-state index in [1.807, 2.05) is 26.8 Å². The van der Waals surface area contributed by atoms with Crippen LogP contribution < -0.4 is 15.4 Å². The summed E-state index contributed by atoms with van der Waals surface area (Å²) in [5.41, 5.74) is 0.000789. The molecule has 49 heavy (non-hydrogen) atoms. The number of rotatable bonds is 6. The minimum atomic E-state index is -3.86. The van der Waals surface area contributed by atoms with Gasteiger partial charge in [0.2, 0.25) is 21.8 Å². The first-order valence-corrected chi connectivity index (χ1v) is 19.1. The van der Waals surface area contributed by atoms with Crippen LogP contribution in [0.25, 0.3) is 0 Å². The second-order valence-corrected chi connectivity index (χ2v) is 16.8. The van der Waals surface area contributed by atoms with Crippen LogP contribution in [0.15, 0.2) is 31.0 Å². The van der Waals surface area contributed by atoms with E-state index in [0.717, 1.165) is 44.2 Å². The number of aromatic nitrogens is 1. The van der Waals surface area contributed by atoms with Crippen LogP contribution in [0.2, 0.25) is 0 Å². The number of alkyl carbamates (subject to hydrolysis) is 1. The third-order valence-corrected chi connectivity index (χ3v) is 11.8. The van der Waals surface area contributed by atoms with Gasteiger partial charge in [0.25, 0.3) is 5.91 Å². The number of aryl methyl sites for hydroxylation is 2. The standard InChI is InChI=1S/C35H51N5O8S/c1-5-24-21-35(24,32(43)39-49(45,46)26-15-16-26)38-30(41)28-20-25-22-40(28)31(42)29(34(2,3)4)37-33(44)48-18-9-7-6-8-14-27-23(12-10-17-36-27)13-11-19-47-25/h5,10,12,17,24-26,28-29H,1,6-9,11,13-16,18-22H2,2-4H3,(H,37,44)(H,38,41)(H,39,43)/t24?,25-,28+,29-,35-/m1/s1. The molecule has 5 rings (SSSR count). The van der Waals surface area contributed by atoms with Crippen LogP contribution >= 0.6 is 0 Å². The molecule has 3 N–H and O–H groups in total. The first kappa shape index (κ1) is 36.8. The Morgan fingerprint density at radius 2 is 1.86 bits per heavy atom. The lowest BCUT2D eigenvalue weighted by Crippen LogP contribution is -2.60. The topological polar surface area (TPSA) is 173 Å². The predicted molar refractivity (Wildman–Crippen MR) is 182 cm³/mol.